The van der Waals surface area contributed by atoms with Gasteiger partial charge in [0.15, 0.2) is 0 Å². The van der Waals surface area contributed by atoms with Crippen molar-refractivity contribution in [3.8, 4) is 0 Å². The van der Waals surface area contributed by atoms with E-state index in [2.05, 4.69) is 0 Å². The van der Waals surface area contributed by atoms with Crippen LogP contribution in [0.4, 0.5) is 0 Å². The van der Waals surface area contributed by atoms with E-state index in [-0.39, 0.29) is 0 Å². The standard InChI is InChI=1S/C10H18N2O3S2/c1-3-15-5-4-12(2)17(13,14)10-6-9(7-11)8-16-10/h6,8H,3-5,7,11H2,1-2H3. The summed E-state index contributed by atoms with van der Waals surface area (Å²) < 4.78 is 31.0. The van der Waals surface area contributed by atoms with Crippen LogP contribution in [-0.4, -0.2) is 39.5 Å². The van der Waals surface area contributed by atoms with Crippen LogP contribution >= 0.6 is 11.3 Å². The topological polar surface area (TPSA) is 72.6 Å². The third kappa shape index (κ3) is 3.75. The smallest absolute Gasteiger partial charge is 0.252 e. The summed E-state index contributed by atoms with van der Waals surface area (Å²) >= 11 is 1.20. The van der Waals surface area contributed by atoms with Crippen LogP contribution in [0.5, 0.6) is 0 Å². The summed E-state index contributed by atoms with van der Waals surface area (Å²) in [6, 6.07) is 1.62. The fourth-order valence-corrected chi connectivity index (χ4v) is 3.79. The third-order valence-electron chi connectivity index (χ3n) is 2.28. The van der Waals surface area contributed by atoms with E-state index in [1.807, 2.05) is 6.92 Å². The zero-order chi connectivity index (χ0) is 12.9. The lowest BCUT2D eigenvalue weighted by atomic mass is 10.4. The van der Waals surface area contributed by atoms with Crippen molar-refractivity contribution in [3.63, 3.8) is 0 Å². The van der Waals surface area contributed by atoms with Crippen LogP contribution in [0.25, 0.3) is 0 Å². The van der Waals surface area contributed by atoms with Crippen molar-refractivity contribution in [2.45, 2.75) is 17.7 Å². The number of ether oxygens (including phenoxy) is 1. The Bertz CT molecular complexity index is 442. The van der Waals surface area contributed by atoms with Crippen LogP contribution < -0.4 is 5.73 Å². The molecule has 0 unspecified atom stereocenters. The second-order valence-corrected chi connectivity index (χ2v) is 6.68. The molecule has 0 atom stereocenters. The zero-order valence-corrected chi connectivity index (χ0v) is 11.7. The molecule has 17 heavy (non-hydrogen) atoms. The van der Waals surface area contributed by atoms with Gasteiger partial charge in [0, 0.05) is 26.7 Å². The summed E-state index contributed by atoms with van der Waals surface area (Å²) in [5.74, 6) is 0. The lowest BCUT2D eigenvalue weighted by Gasteiger charge is -2.15. The van der Waals surface area contributed by atoms with Gasteiger partial charge in [-0.05, 0) is 23.9 Å². The number of hydrogen-bond acceptors (Lipinski definition) is 5. The van der Waals surface area contributed by atoms with E-state index in [4.69, 9.17) is 10.5 Å². The van der Waals surface area contributed by atoms with Gasteiger partial charge in [0.1, 0.15) is 4.21 Å². The molecule has 0 aliphatic heterocycles. The molecule has 98 valence electrons. The number of thiophene rings is 1. The van der Waals surface area contributed by atoms with Crippen molar-refractivity contribution in [3.05, 3.63) is 17.0 Å². The molecule has 5 nitrogen and oxygen atoms in total. The van der Waals surface area contributed by atoms with Gasteiger partial charge < -0.3 is 10.5 Å². The summed E-state index contributed by atoms with van der Waals surface area (Å²) in [5.41, 5.74) is 6.30. The van der Waals surface area contributed by atoms with Gasteiger partial charge in [0.2, 0.25) is 0 Å². The van der Waals surface area contributed by atoms with Crippen LogP contribution in [0.15, 0.2) is 15.7 Å². The highest BCUT2D eigenvalue weighted by Crippen LogP contribution is 2.22. The van der Waals surface area contributed by atoms with E-state index in [0.717, 1.165) is 5.56 Å². The summed E-state index contributed by atoms with van der Waals surface area (Å²) in [4.78, 5) is 0. The van der Waals surface area contributed by atoms with Crippen LogP contribution in [0.1, 0.15) is 12.5 Å². The molecule has 0 aromatic carbocycles. The van der Waals surface area contributed by atoms with E-state index in [9.17, 15) is 8.42 Å². The molecule has 0 bridgehead atoms. The molecule has 7 heteroatoms. The number of sulfonamides is 1. The first kappa shape index (κ1) is 14.6. The van der Waals surface area contributed by atoms with Gasteiger partial charge in [0.25, 0.3) is 10.0 Å². The van der Waals surface area contributed by atoms with Crippen LogP contribution in [0.2, 0.25) is 0 Å². The molecule has 1 heterocycles. The van der Waals surface area contributed by atoms with Crippen molar-refractivity contribution in [2.24, 2.45) is 5.73 Å². The Morgan fingerprint density at radius 3 is 2.76 bits per heavy atom. The molecule has 0 amide bonds. The fraction of sp³-hybridized carbons (Fsp3) is 0.600. The Kier molecular flexibility index (Phi) is 5.54. The van der Waals surface area contributed by atoms with E-state index in [1.165, 1.54) is 15.6 Å². The molecule has 0 aliphatic rings. The minimum absolute atomic E-state index is 0.331. The summed E-state index contributed by atoms with van der Waals surface area (Å²) in [6.07, 6.45) is 0. The van der Waals surface area contributed by atoms with E-state index in [0.29, 0.717) is 30.5 Å². The van der Waals surface area contributed by atoms with Gasteiger partial charge in [-0.2, -0.15) is 4.31 Å². The lowest BCUT2D eigenvalue weighted by Crippen LogP contribution is -2.29. The van der Waals surface area contributed by atoms with Crippen molar-refractivity contribution >= 4 is 21.4 Å². The van der Waals surface area contributed by atoms with Gasteiger partial charge in [-0.1, -0.05) is 0 Å². The molecule has 0 saturated carbocycles. The molecule has 0 radical (unpaired) electrons. The molecule has 1 rings (SSSR count). The molecule has 0 fully saturated rings. The molecule has 0 saturated heterocycles. The quantitative estimate of drug-likeness (QED) is 0.751. The predicted octanol–water partition coefficient (Wildman–Crippen LogP) is 0.864. The second-order valence-electron chi connectivity index (χ2n) is 3.50. The maximum absolute atomic E-state index is 12.1. The molecule has 0 spiro atoms. The third-order valence-corrected chi connectivity index (χ3v) is 5.61. The van der Waals surface area contributed by atoms with Gasteiger partial charge in [-0.3, -0.25) is 0 Å². The first-order valence-electron chi connectivity index (χ1n) is 5.34. The Hall–Kier alpha value is -0.470. The summed E-state index contributed by atoms with van der Waals surface area (Å²) in [5, 5.41) is 1.77. The Labute approximate surface area is 106 Å². The first-order valence-corrected chi connectivity index (χ1v) is 7.66. The van der Waals surface area contributed by atoms with E-state index in [1.54, 1.807) is 18.5 Å². The molecular formula is C10H18N2O3S2. The fourth-order valence-electron chi connectivity index (χ4n) is 1.21. The number of hydrogen-bond donors (Lipinski definition) is 1. The number of nitrogens with zero attached hydrogens (tertiary/aromatic N) is 1. The van der Waals surface area contributed by atoms with Gasteiger partial charge >= 0.3 is 0 Å². The normalized spacial score (nSPS) is 12.2. The molecular weight excluding hydrogens is 260 g/mol. The predicted molar refractivity (Wildman–Crippen MR) is 68.5 cm³/mol. The second kappa shape index (κ2) is 6.46. The van der Waals surface area contributed by atoms with Crippen LogP contribution in [-0.2, 0) is 21.3 Å². The van der Waals surface area contributed by atoms with Crippen molar-refractivity contribution < 1.29 is 13.2 Å². The monoisotopic (exact) mass is 278 g/mol. The van der Waals surface area contributed by atoms with Gasteiger partial charge in [0.05, 0.1) is 6.61 Å². The van der Waals surface area contributed by atoms with Crippen molar-refractivity contribution in [1.29, 1.82) is 0 Å². The van der Waals surface area contributed by atoms with Crippen LogP contribution in [0, 0.1) is 0 Å². The van der Waals surface area contributed by atoms with Crippen molar-refractivity contribution in [1.82, 2.24) is 4.31 Å². The number of nitrogens with two attached hydrogens (primary N) is 1. The van der Waals surface area contributed by atoms with Gasteiger partial charge in [-0.25, -0.2) is 8.42 Å². The van der Waals surface area contributed by atoms with E-state index < -0.39 is 10.0 Å². The molecule has 1 aromatic rings. The van der Waals surface area contributed by atoms with Crippen LogP contribution in [0.3, 0.4) is 0 Å². The highest BCUT2D eigenvalue weighted by atomic mass is 32.2. The maximum Gasteiger partial charge on any atom is 0.252 e. The summed E-state index contributed by atoms with van der Waals surface area (Å²) in [6.45, 7) is 3.58. The highest BCUT2D eigenvalue weighted by Gasteiger charge is 2.22. The molecule has 0 aliphatic carbocycles. The SMILES string of the molecule is CCOCCN(C)S(=O)(=O)c1cc(CN)cs1. The Morgan fingerprint density at radius 1 is 1.53 bits per heavy atom. The number of likely N-dealkylation sites (N-methyl/N-ethyl adjacent to an activating group) is 1. The Balaban J connectivity index is 2.73. The minimum Gasteiger partial charge on any atom is -0.380 e. The van der Waals surface area contributed by atoms with E-state index >= 15 is 0 Å². The molecule has 2 N–H and O–H groups in total. The van der Waals surface area contributed by atoms with Crippen molar-refractivity contribution in [2.75, 3.05) is 26.8 Å². The number of rotatable bonds is 7. The lowest BCUT2D eigenvalue weighted by molar-refractivity contribution is 0.138. The minimum atomic E-state index is -3.39. The zero-order valence-electron chi connectivity index (χ0n) is 10.0. The highest BCUT2D eigenvalue weighted by molar-refractivity contribution is 7.91. The Morgan fingerprint density at radius 2 is 2.24 bits per heavy atom. The average Bonchev–Trinajstić information content (AvgIpc) is 2.78. The largest absolute Gasteiger partial charge is 0.380 e. The summed E-state index contributed by atoms with van der Waals surface area (Å²) in [7, 11) is -1.84. The molecule has 1 aromatic heterocycles. The van der Waals surface area contributed by atoms with Gasteiger partial charge in [-0.15, -0.1) is 11.3 Å². The average molecular weight is 278 g/mol. The maximum atomic E-state index is 12.1. The first-order chi connectivity index (χ1) is 8.02.